The van der Waals surface area contributed by atoms with Crippen LogP contribution in [0.1, 0.15) is 0 Å². The van der Waals surface area contributed by atoms with Crippen LogP contribution in [0.4, 0.5) is 4.39 Å². The zero-order valence-electron chi connectivity index (χ0n) is 11.3. The summed E-state index contributed by atoms with van der Waals surface area (Å²) in [5.74, 6) is -1.22. The van der Waals surface area contributed by atoms with E-state index in [-0.39, 0.29) is 5.75 Å². The lowest BCUT2D eigenvalue weighted by Gasteiger charge is -2.06. The van der Waals surface area contributed by atoms with Crippen molar-refractivity contribution in [1.29, 1.82) is 0 Å². The Labute approximate surface area is 121 Å². The molecule has 0 aliphatic heterocycles. The van der Waals surface area contributed by atoms with Crippen molar-refractivity contribution in [3.05, 3.63) is 60.7 Å². The van der Waals surface area contributed by atoms with Gasteiger partial charge >= 0.3 is 0 Å². The van der Waals surface area contributed by atoms with Crippen molar-refractivity contribution in [3.63, 3.8) is 0 Å². The second kappa shape index (κ2) is 5.28. The Morgan fingerprint density at radius 2 is 1.90 bits per heavy atom. The van der Waals surface area contributed by atoms with Gasteiger partial charge in [-0.3, -0.25) is 0 Å². The molecule has 1 aromatic heterocycles. The van der Waals surface area contributed by atoms with Gasteiger partial charge in [0.1, 0.15) is 0 Å². The first kappa shape index (κ1) is 13.2. The molecule has 3 rings (SSSR count). The van der Waals surface area contributed by atoms with Crippen LogP contribution in [0.2, 0.25) is 0 Å². The van der Waals surface area contributed by atoms with Crippen molar-refractivity contribution in [1.82, 2.24) is 9.78 Å². The topological polar surface area (TPSA) is 47.3 Å². The number of methoxy groups -OCH3 is 1. The Morgan fingerprint density at radius 1 is 1.14 bits per heavy atom. The standard InChI is InChI=1S/C16H13FN2O2/c1-21-15-8-11(7-14(20)16(15)17)12-9-18-19(10-12)13-5-3-2-4-6-13/h2-10,20H,1H3. The van der Waals surface area contributed by atoms with Gasteiger partial charge in [-0.1, -0.05) is 18.2 Å². The maximum atomic E-state index is 13.6. The fourth-order valence-corrected chi connectivity index (χ4v) is 2.09. The van der Waals surface area contributed by atoms with Gasteiger partial charge < -0.3 is 9.84 Å². The monoisotopic (exact) mass is 284 g/mol. The lowest BCUT2D eigenvalue weighted by molar-refractivity contribution is 0.365. The van der Waals surface area contributed by atoms with E-state index < -0.39 is 11.6 Å². The van der Waals surface area contributed by atoms with E-state index in [1.165, 1.54) is 19.2 Å². The molecule has 0 saturated carbocycles. The largest absolute Gasteiger partial charge is 0.505 e. The third-order valence-corrected chi connectivity index (χ3v) is 3.18. The van der Waals surface area contributed by atoms with Crippen molar-refractivity contribution in [3.8, 4) is 28.3 Å². The SMILES string of the molecule is COc1cc(-c2cnn(-c3ccccc3)c2)cc(O)c1F. The molecule has 0 bridgehead atoms. The number of para-hydroxylation sites is 1. The molecule has 3 aromatic rings. The second-order valence-corrected chi connectivity index (χ2v) is 4.52. The first-order valence-corrected chi connectivity index (χ1v) is 6.36. The van der Waals surface area contributed by atoms with E-state index in [9.17, 15) is 9.50 Å². The van der Waals surface area contributed by atoms with Crippen LogP contribution in [0.3, 0.4) is 0 Å². The fourth-order valence-electron chi connectivity index (χ4n) is 2.09. The number of aromatic nitrogens is 2. The lowest BCUT2D eigenvalue weighted by atomic mass is 10.1. The molecule has 0 unspecified atom stereocenters. The highest BCUT2D eigenvalue weighted by Crippen LogP contribution is 2.32. The van der Waals surface area contributed by atoms with Crippen molar-refractivity contribution in [2.75, 3.05) is 7.11 Å². The molecule has 0 aliphatic rings. The average molecular weight is 284 g/mol. The number of hydrogen-bond acceptors (Lipinski definition) is 3. The number of ether oxygens (including phenoxy) is 1. The van der Waals surface area contributed by atoms with Crippen LogP contribution in [0.15, 0.2) is 54.9 Å². The first-order chi connectivity index (χ1) is 10.2. The summed E-state index contributed by atoms with van der Waals surface area (Å²) in [6, 6.07) is 12.5. The average Bonchev–Trinajstić information content (AvgIpc) is 3.00. The number of phenols is 1. The predicted octanol–water partition coefficient (Wildman–Crippen LogP) is 3.39. The molecule has 4 nitrogen and oxygen atoms in total. The van der Waals surface area contributed by atoms with E-state index in [0.717, 1.165) is 11.3 Å². The molecule has 0 saturated heterocycles. The second-order valence-electron chi connectivity index (χ2n) is 4.52. The zero-order valence-corrected chi connectivity index (χ0v) is 11.3. The minimum atomic E-state index is -0.767. The third-order valence-electron chi connectivity index (χ3n) is 3.18. The van der Waals surface area contributed by atoms with Gasteiger partial charge in [-0.05, 0) is 29.8 Å². The highest BCUT2D eigenvalue weighted by molar-refractivity contribution is 5.66. The first-order valence-electron chi connectivity index (χ1n) is 6.36. The van der Waals surface area contributed by atoms with Gasteiger partial charge in [0.25, 0.3) is 0 Å². The quantitative estimate of drug-likeness (QED) is 0.802. The number of nitrogens with zero attached hydrogens (tertiary/aromatic N) is 2. The van der Waals surface area contributed by atoms with Crippen molar-refractivity contribution in [2.24, 2.45) is 0 Å². The Morgan fingerprint density at radius 3 is 2.62 bits per heavy atom. The van der Waals surface area contributed by atoms with E-state index in [0.29, 0.717) is 5.56 Å². The Bertz CT molecular complexity index is 769. The van der Waals surface area contributed by atoms with Gasteiger partial charge in [0.15, 0.2) is 11.5 Å². The molecule has 2 aromatic carbocycles. The summed E-state index contributed by atoms with van der Waals surface area (Å²) < 4.78 is 20.2. The lowest BCUT2D eigenvalue weighted by Crippen LogP contribution is -1.92. The van der Waals surface area contributed by atoms with Gasteiger partial charge in [-0.2, -0.15) is 9.49 Å². The molecular formula is C16H13FN2O2. The molecule has 0 atom stereocenters. The van der Waals surface area contributed by atoms with Crippen LogP contribution in [-0.4, -0.2) is 22.0 Å². The predicted molar refractivity (Wildman–Crippen MR) is 77.2 cm³/mol. The van der Waals surface area contributed by atoms with Crippen LogP contribution >= 0.6 is 0 Å². The van der Waals surface area contributed by atoms with Crippen LogP contribution in [0.25, 0.3) is 16.8 Å². The van der Waals surface area contributed by atoms with Gasteiger partial charge in [-0.25, -0.2) is 4.68 Å². The molecule has 5 heteroatoms. The van der Waals surface area contributed by atoms with Crippen molar-refractivity contribution >= 4 is 0 Å². The van der Waals surface area contributed by atoms with Gasteiger partial charge in [0, 0.05) is 11.8 Å². The minimum Gasteiger partial charge on any atom is -0.505 e. The van der Waals surface area contributed by atoms with Gasteiger partial charge in [0.2, 0.25) is 5.82 Å². The Kier molecular flexibility index (Phi) is 3.31. The van der Waals surface area contributed by atoms with E-state index in [1.807, 2.05) is 30.3 Å². The summed E-state index contributed by atoms with van der Waals surface area (Å²) in [6.45, 7) is 0. The summed E-state index contributed by atoms with van der Waals surface area (Å²) in [6.07, 6.45) is 3.46. The van der Waals surface area contributed by atoms with Crippen LogP contribution < -0.4 is 4.74 Å². The third kappa shape index (κ3) is 2.45. The highest BCUT2D eigenvalue weighted by atomic mass is 19.1. The number of hydrogen-bond donors (Lipinski definition) is 1. The maximum Gasteiger partial charge on any atom is 0.206 e. The molecule has 1 heterocycles. The van der Waals surface area contributed by atoms with Crippen LogP contribution in [0.5, 0.6) is 11.5 Å². The molecule has 0 radical (unpaired) electrons. The maximum absolute atomic E-state index is 13.6. The van der Waals surface area contributed by atoms with E-state index >= 15 is 0 Å². The molecule has 0 amide bonds. The molecule has 0 fully saturated rings. The Balaban J connectivity index is 2.03. The summed E-state index contributed by atoms with van der Waals surface area (Å²) in [7, 11) is 1.36. The minimum absolute atomic E-state index is 0.00235. The molecular weight excluding hydrogens is 271 g/mol. The van der Waals surface area contributed by atoms with E-state index in [2.05, 4.69) is 5.10 Å². The fraction of sp³-hybridized carbons (Fsp3) is 0.0625. The number of rotatable bonds is 3. The van der Waals surface area contributed by atoms with Gasteiger partial charge in [0.05, 0.1) is 19.0 Å². The summed E-state index contributed by atoms with van der Waals surface area (Å²) in [5.41, 5.74) is 2.31. The van der Waals surface area contributed by atoms with E-state index in [1.54, 1.807) is 17.1 Å². The molecule has 106 valence electrons. The van der Waals surface area contributed by atoms with Crippen molar-refractivity contribution in [2.45, 2.75) is 0 Å². The van der Waals surface area contributed by atoms with Crippen molar-refractivity contribution < 1.29 is 14.2 Å². The van der Waals surface area contributed by atoms with Crippen LogP contribution in [-0.2, 0) is 0 Å². The number of phenolic OH excluding ortho intramolecular Hbond substituents is 1. The smallest absolute Gasteiger partial charge is 0.206 e. The number of halogens is 1. The molecule has 21 heavy (non-hydrogen) atoms. The number of aromatic hydroxyl groups is 1. The zero-order chi connectivity index (χ0) is 14.8. The normalized spacial score (nSPS) is 10.6. The van der Waals surface area contributed by atoms with E-state index in [4.69, 9.17) is 4.74 Å². The van der Waals surface area contributed by atoms with Crippen LogP contribution in [0, 0.1) is 5.82 Å². The highest BCUT2D eigenvalue weighted by Gasteiger charge is 2.13. The number of benzene rings is 2. The molecule has 0 spiro atoms. The summed E-state index contributed by atoms with van der Waals surface area (Å²) >= 11 is 0. The Hall–Kier alpha value is -2.82. The summed E-state index contributed by atoms with van der Waals surface area (Å²) in [4.78, 5) is 0. The van der Waals surface area contributed by atoms with Gasteiger partial charge in [-0.15, -0.1) is 0 Å². The molecule has 1 N–H and O–H groups in total. The molecule has 0 aliphatic carbocycles. The summed E-state index contributed by atoms with van der Waals surface area (Å²) in [5, 5.41) is 13.9.